The van der Waals surface area contributed by atoms with Crippen molar-refractivity contribution in [3.05, 3.63) is 36.0 Å². The number of piperazine rings is 1. The number of benzene rings is 1. The molecule has 2 N–H and O–H groups in total. The second kappa shape index (κ2) is 4.22. The van der Waals surface area contributed by atoms with Gasteiger partial charge in [0.15, 0.2) is 0 Å². The van der Waals surface area contributed by atoms with Crippen LogP contribution in [0, 0.1) is 6.07 Å². The molecule has 2 aromatic rings. The molecule has 0 aliphatic carbocycles. The van der Waals surface area contributed by atoms with E-state index < -0.39 is 0 Å². The molecule has 0 bridgehead atoms. The molecule has 0 saturated carbocycles. The van der Waals surface area contributed by atoms with Crippen LogP contribution in [0.15, 0.2) is 24.4 Å². The van der Waals surface area contributed by atoms with Gasteiger partial charge in [-0.15, -0.1) is 0 Å². The fraction of sp³-hybridized carbons (Fsp3) is 0.308. The van der Waals surface area contributed by atoms with Crippen molar-refractivity contribution < 1.29 is 4.79 Å². The largest absolute Gasteiger partial charge is 0.361 e. The average molecular weight is 228 g/mol. The molecule has 0 atom stereocenters. The van der Waals surface area contributed by atoms with E-state index in [1.54, 1.807) is 6.20 Å². The smallest absolute Gasteiger partial charge is 0.254 e. The topological polar surface area (TPSA) is 48.1 Å². The van der Waals surface area contributed by atoms with E-state index in [2.05, 4.69) is 16.4 Å². The number of hydrogen-bond donors (Lipinski definition) is 2. The highest BCUT2D eigenvalue weighted by atomic mass is 16.2. The van der Waals surface area contributed by atoms with Crippen molar-refractivity contribution in [2.24, 2.45) is 0 Å². The van der Waals surface area contributed by atoms with Gasteiger partial charge in [0, 0.05) is 54.9 Å². The zero-order chi connectivity index (χ0) is 11.7. The lowest BCUT2D eigenvalue weighted by molar-refractivity contribution is 0.0736. The van der Waals surface area contributed by atoms with Crippen molar-refractivity contribution in [1.29, 1.82) is 0 Å². The van der Waals surface area contributed by atoms with Crippen LogP contribution in [0.3, 0.4) is 0 Å². The van der Waals surface area contributed by atoms with E-state index >= 15 is 0 Å². The van der Waals surface area contributed by atoms with Gasteiger partial charge < -0.3 is 15.2 Å². The standard InChI is InChI=1S/C13H14N3O/c17-13(16-7-5-14-6-8-16)11-2-1-10-3-4-15-12(10)9-11/h1-2,4,9,14-15H,5-8H2. The Morgan fingerprint density at radius 3 is 2.94 bits per heavy atom. The van der Waals surface area contributed by atoms with Crippen LogP contribution in [0.4, 0.5) is 0 Å². The van der Waals surface area contributed by atoms with Crippen molar-refractivity contribution in [2.75, 3.05) is 26.2 Å². The number of carbonyl (C=O) groups excluding carboxylic acids is 1. The van der Waals surface area contributed by atoms with E-state index in [-0.39, 0.29) is 5.91 Å². The van der Waals surface area contributed by atoms with E-state index in [1.807, 2.05) is 23.1 Å². The summed E-state index contributed by atoms with van der Waals surface area (Å²) < 4.78 is 0. The molecule has 1 radical (unpaired) electrons. The predicted octanol–water partition coefficient (Wildman–Crippen LogP) is 1.01. The van der Waals surface area contributed by atoms with Crippen LogP contribution in [-0.2, 0) is 0 Å². The number of nitrogens with zero attached hydrogens (tertiary/aromatic N) is 1. The number of hydrogen-bond acceptors (Lipinski definition) is 2. The summed E-state index contributed by atoms with van der Waals surface area (Å²) in [7, 11) is 0. The molecule has 1 amide bonds. The zero-order valence-corrected chi connectivity index (χ0v) is 9.49. The van der Waals surface area contributed by atoms with Crippen molar-refractivity contribution in [2.45, 2.75) is 0 Å². The fourth-order valence-electron chi connectivity index (χ4n) is 2.16. The van der Waals surface area contributed by atoms with E-state index in [1.165, 1.54) is 0 Å². The molecule has 1 aromatic carbocycles. The molecule has 0 unspecified atom stereocenters. The highest BCUT2D eigenvalue weighted by Gasteiger charge is 2.17. The summed E-state index contributed by atoms with van der Waals surface area (Å²) in [5, 5.41) is 4.26. The van der Waals surface area contributed by atoms with Crippen LogP contribution >= 0.6 is 0 Å². The van der Waals surface area contributed by atoms with Gasteiger partial charge in [-0.3, -0.25) is 4.79 Å². The Bertz CT molecular complexity index is 540. The summed E-state index contributed by atoms with van der Waals surface area (Å²) in [4.78, 5) is 17.2. The highest BCUT2D eigenvalue weighted by molar-refractivity contribution is 5.97. The van der Waals surface area contributed by atoms with E-state index in [0.29, 0.717) is 0 Å². The summed E-state index contributed by atoms with van der Waals surface area (Å²) in [6, 6.07) is 8.78. The molecule has 1 aliphatic heterocycles. The van der Waals surface area contributed by atoms with E-state index in [4.69, 9.17) is 0 Å². The first-order valence-corrected chi connectivity index (χ1v) is 5.83. The maximum absolute atomic E-state index is 12.2. The second-order valence-electron chi connectivity index (χ2n) is 4.24. The Morgan fingerprint density at radius 1 is 1.29 bits per heavy atom. The SMILES string of the molecule is O=C(c1ccc2[c]c[nH]c2c1)N1CCNCC1. The normalized spacial score (nSPS) is 16.4. The Kier molecular flexibility index (Phi) is 2.57. The van der Waals surface area contributed by atoms with Gasteiger partial charge in [0.05, 0.1) is 0 Å². The lowest BCUT2D eigenvalue weighted by atomic mass is 10.1. The molecule has 0 spiro atoms. The summed E-state index contributed by atoms with van der Waals surface area (Å²) in [6.45, 7) is 3.33. The molecule has 1 aromatic heterocycles. The average Bonchev–Trinajstić information content (AvgIpc) is 2.86. The van der Waals surface area contributed by atoms with Crippen LogP contribution in [0.25, 0.3) is 10.9 Å². The molecule has 3 rings (SSSR count). The maximum Gasteiger partial charge on any atom is 0.254 e. The Labute approximate surface area is 99.6 Å². The number of nitrogens with one attached hydrogen (secondary N) is 2. The summed E-state index contributed by atoms with van der Waals surface area (Å²) in [5.74, 6) is 0.114. The number of aromatic amines is 1. The molecule has 4 heteroatoms. The molecule has 1 fully saturated rings. The minimum atomic E-state index is 0.114. The van der Waals surface area contributed by atoms with E-state index in [0.717, 1.165) is 42.6 Å². The van der Waals surface area contributed by atoms with Crippen LogP contribution < -0.4 is 5.32 Å². The molecular formula is C13H14N3O. The Balaban J connectivity index is 1.88. The van der Waals surface area contributed by atoms with Crippen LogP contribution in [0.5, 0.6) is 0 Å². The molecule has 87 valence electrons. The number of carbonyl (C=O) groups is 1. The Morgan fingerprint density at radius 2 is 2.12 bits per heavy atom. The quantitative estimate of drug-likeness (QED) is 0.765. The molecule has 1 saturated heterocycles. The van der Waals surface area contributed by atoms with Crippen molar-refractivity contribution in [1.82, 2.24) is 15.2 Å². The number of amides is 1. The summed E-state index contributed by atoms with van der Waals surface area (Å²) in [5.41, 5.74) is 1.71. The first kappa shape index (κ1) is 10.4. The maximum atomic E-state index is 12.2. The third kappa shape index (κ3) is 1.91. The van der Waals surface area contributed by atoms with Gasteiger partial charge in [0.25, 0.3) is 5.91 Å². The van der Waals surface area contributed by atoms with Gasteiger partial charge >= 0.3 is 0 Å². The predicted molar refractivity (Wildman–Crippen MR) is 65.9 cm³/mol. The minimum Gasteiger partial charge on any atom is -0.361 e. The van der Waals surface area contributed by atoms with Gasteiger partial charge in [0.1, 0.15) is 0 Å². The van der Waals surface area contributed by atoms with Crippen molar-refractivity contribution >= 4 is 16.8 Å². The molecule has 2 heterocycles. The summed E-state index contributed by atoms with van der Waals surface area (Å²) in [6.07, 6.45) is 1.77. The number of aromatic nitrogens is 1. The molecule has 4 nitrogen and oxygen atoms in total. The molecule has 17 heavy (non-hydrogen) atoms. The molecule has 1 aliphatic rings. The fourth-order valence-corrected chi connectivity index (χ4v) is 2.16. The number of H-pyrrole nitrogens is 1. The molecular weight excluding hydrogens is 214 g/mol. The lowest BCUT2D eigenvalue weighted by Gasteiger charge is -2.27. The van der Waals surface area contributed by atoms with Gasteiger partial charge in [0.2, 0.25) is 0 Å². The van der Waals surface area contributed by atoms with Crippen LogP contribution in [0.1, 0.15) is 10.4 Å². The van der Waals surface area contributed by atoms with Crippen molar-refractivity contribution in [3.8, 4) is 0 Å². The van der Waals surface area contributed by atoms with E-state index in [9.17, 15) is 4.79 Å². The monoisotopic (exact) mass is 228 g/mol. The highest BCUT2D eigenvalue weighted by Crippen LogP contribution is 2.15. The zero-order valence-electron chi connectivity index (χ0n) is 9.49. The van der Waals surface area contributed by atoms with Gasteiger partial charge in [-0.1, -0.05) is 6.07 Å². The third-order valence-corrected chi connectivity index (χ3v) is 3.13. The van der Waals surface area contributed by atoms with Crippen molar-refractivity contribution in [3.63, 3.8) is 0 Å². The number of rotatable bonds is 1. The number of fused-ring (bicyclic) bond motifs is 1. The first-order valence-electron chi connectivity index (χ1n) is 5.83. The van der Waals surface area contributed by atoms with Crippen LogP contribution in [0.2, 0.25) is 0 Å². The third-order valence-electron chi connectivity index (χ3n) is 3.13. The van der Waals surface area contributed by atoms with Gasteiger partial charge in [-0.25, -0.2) is 0 Å². The van der Waals surface area contributed by atoms with Crippen LogP contribution in [-0.4, -0.2) is 42.0 Å². The minimum absolute atomic E-state index is 0.114. The second-order valence-corrected chi connectivity index (χ2v) is 4.24. The first-order chi connectivity index (χ1) is 8.34. The Hall–Kier alpha value is -1.81. The van der Waals surface area contributed by atoms with Gasteiger partial charge in [-0.2, -0.15) is 0 Å². The van der Waals surface area contributed by atoms with Gasteiger partial charge in [-0.05, 0) is 12.1 Å². The lowest BCUT2D eigenvalue weighted by Crippen LogP contribution is -2.46. The summed E-state index contributed by atoms with van der Waals surface area (Å²) >= 11 is 0.